The van der Waals surface area contributed by atoms with Crippen LogP contribution in [0.25, 0.3) is 0 Å². The van der Waals surface area contributed by atoms with Crippen LogP contribution in [0.4, 0.5) is 22.0 Å². The Kier molecular flexibility index (Phi) is 8.59. The van der Waals surface area contributed by atoms with E-state index in [-0.39, 0.29) is 34.1 Å². The molecule has 0 heterocycles. The smallest absolute Gasteiger partial charge is 0.176 e. The second-order valence-electron chi connectivity index (χ2n) is 11.5. The Labute approximate surface area is 233 Å². The molecule has 3 aromatic carbocycles. The van der Waals surface area contributed by atoms with E-state index < -0.39 is 35.0 Å². The fourth-order valence-electron chi connectivity index (χ4n) is 6.78. The van der Waals surface area contributed by atoms with Gasteiger partial charge in [0.15, 0.2) is 23.3 Å². The molecule has 0 amide bonds. The lowest BCUT2D eigenvalue weighted by Crippen LogP contribution is -2.23. The predicted octanol–water partition coefficient (Wildman–Crippen LogP) is 9.39. The summed E-state index contributed by atoms with van der Waals surface area (Å²) in [5.41, 5.74) is 2.64. The zero-order chi connectivity index (χ0) is 28.4. The van der Waals surface area contributed by atoms with Crippen molar-refractivity contribution in [1.29, 1.82) is 5.26 Å². The second-order valence-corrected chi connectivity index (χ2v) is 11.5. The highest BCUT2D eigenvalue weighted by molar-refractivity contribution is 5.41. The number of hydrogen-bond acceptors (Lipinski definition) is 1. The average Bonchev–Trinajstić information content (AvgIpc) is 2.97. The number of halogens is 5. The van der Waals surface area contributed by atoms with Gasteiger partial charge in [0.05, 0.1) is 5.56 Å². The number of nitrogens with zero attached hydrogens (tertiary/aromatic N) is 1. The molecule has 5 rings (SSSR count). The van der Waals surface area contributed by atoms with Gasteiger partial charge < -0.3 is 0 Å². The summed E-state index contributed by atoms with van der Waals surface area (Å²) in [7, 11) is 0. The monoisotopic (exact) mass is 551 g/mol. The molecule has 40 heavy (non-hydrogen) atoms. The highest BCUT2D eigenvalue weighted by Gasteiger charge is 2.35. The van der Waals surface area contributed by atoms with Crippen LogP contribution in [-0.2, 0) is 25.7 Å². The van der Waals surface area contributed by atoms with Crippen LogP contribution in [0.1, 0.15) is 103 Å². The molecule has 0 N–H and O–H groups in total. The molecule has 1 atom stereocenters. The van der Waals surface area contributed by atoms with Gasteiger partial charge in [-0.15, -0.1) is 0 Å². The lowest BCUT2D eigenvalue weighted by molar-refractivity contribution is 0.349. The van der Waals surface area contributed by atoms with Crippen LogP contribution in [0.3, 0.4) is 0 Å². The highest BCUT2D eigenvalue weighted by Crippen LogP contribution is 2.45. The van der Waals surface area contributed by atoms with Gasteiger partial charge in [-0.1, -0.05) is 43.7 Å². The summed E-state index contributed by atoms with van der Waals surface area (Å²) in [6, 6.07) is 12.9. The molecule has 0 aromatic heterocycles. The van der Waals surface area contributed by atoms with Gasteiger partial charge in [0.1, 0.15) is 11.9 Å². The summed E-state index contributed by atoms with van der Waals surface area (Å²) in [5.74, 6) is -5.53. The van der Waals surface area contributed by atoms with Crippen molar-refractivity contribution in [3.05, 3.63) is 104 Å². The van der Waals surface area contributed by atoms with E-state index in [0.29, 0.717) is 44.1 Å². The number of rotatable bonds is 7. The Morgan fingerprint density at radius 2 is 1.35 bits per heavy atom. The van der Waals surface area contributed by atoms with Gasteiger partial charge in [-0.25, -0.2) is 22.0 Å². The summed E-state index contributed by atoms with van der Waals surface area (Å²) in [6.45, 7) is 2.15. The Bertz CT molecular complexity index is 1410. The molecule has 210 valence electrons. The molecule has 0 spiro atoms. The molecule has 1 nitrogen and oxygen atoms in total. The maximum Gasteiger partial charge on any atom is 0.176 e. The van der Waals surface area contributed by atoms with Crippen molar-refractivity contribution in [2.24, 2.45) is 5.92 Å². The minimum absolute atomic E-state index is 0.167. The van der Waals surface area contributed by atoms with Crippen LogP contribution in [0.2, 0.25) is 0 Å². The predicted molar refractivity (Wildman–Crippen MR) is 146 cm³/mol. The van der Waals surface area contributed by atoms with Crippen molar-refractivity contribution in [3.63, 3.8) is 0 Å². The van der Waals surface area contributed by atoms with Gasteiger partial charge in [0, 0.05) is 5.56 Å². The molecule has 0 saturated heterocycles. The number of aryl methyl sites for hydroxylation is 2. The van der Waals surface area contributed by atoms with Gasteiger partial charge in [-0.3, -0.25) is 0 Å². The van der Waals surface area contributed by atoms with E-state index in [4.69, 9.17) is 5.26 Å². The van der Waals surface area contributed by atoms with Crippen molar-refractivity contribution < 1.29 is 22.0 Å². The third-order valence-electron chi connectivity index (χ3n) is 9.07. The molecular weight excluding hydrogens is 517 g/mol. The van der Waals surface area contributed by atoms with Crippen LogP contribution in [0.5, 0.6) is 0 Å². The first-order valence-electron chi connectivity index (χ1n) is 14.5. The molecule has 2 aliphatic rings. The Morgan fingerprint density at radius 1 is 0.700 bits per heavy atom. The maximum absolute atomic E-state index is 15.7. The van der Waals surface area contributed by atoms with E-state index in [1.807, 2.05) is 0 Å². The molecule has 0 bridgehead atoms. The summed E-state index contributed by atoms with van der Waals surface area (Å²) in [6.07, 6.45) is 6.77. The summed E-state index contributed by atoms with van der Waals surface area (Å²) in [5, 5.41) is 8.92. The van der Waals surface area contributed by atoms with E-state index in [9.17, 15) is 8.78 Å². The summed E-state index contributed by atoms with van der Waals surface area (Å²) >= 11 is 0. The van der Waals surface area contributed by atoms with Gasteiger partial charge in [0.25, 0.3) is 0 Å². The average molecular weight is 552 g/mol. The molecule has 3 aromatic rings. The van der Waals surface area contributed by atoms with Crippen molar-refractivity contribution in [2.45, 2.75) is 89.4 Å². The highest BCUT2D eigenvalue weighted by atomic mass is 19.2. The minimum atomic E-state index is -1.17. The Morgan fingerprint density at radius 3 is 2.00 bits per heavy atom. The molecule has 6 heteroatoms. The normalized spacial score (nSPS) is 20.7. The van der Waals surface area contributed by atoms with E-state index >= 15 is 13.2 Å². The Hall–Kier alpha value is -3.20. The Balaban J connectivity index is 1.27. The molecule has 1 unspecified atom stereocenters. The van der Waals surface area contributed by atoms with E-state index in [1.54, 1.807) is 6.07 Å². The van der Waals surface area contributed by atoms with Gasteiger partial charge in [0.2, 0.25) is 0 Å². The third kappa shape index (κ3) is 5.53. The molecule has 1 saturated carbocycles. The number of nitriles is 1. The molecule has 1 fully saturated rings. The van der Waals surface area contributed by atoms with Crippen LogP contribution < -0.4 is 0 Å². The van der Waals surface area contributed by atoms with Crippen molar-refractivity contribution >= 4 is 0 Å². The van der Waals surface area contributed by atoms with E-state index in [2.05, 4.69) is 31.2 Å². The largest absolute Gasteiger partial charge is 0.206 e. The lowest BCUT2D eigenvalue weighted by Gasteiger charge is -2.32. The second kappa shape index (κ2) is 12.1. The first-order chi connectivity index (χ1) is 19.3. The maximum atomic E-state index is 15.7. The topological polar surface area (TPSA) is 23.8 Å². The van der Waals surface area contributed by atoms with Gasteiger partial charge >= 0.3 is 0 Å². The van der Waals surface area contributed by atoms with Crippen molar-refractivity contribution in [3.8, 4) is 6.07 Å². The SMILES string of the molecule is CCCc1ccc(CCC2CCc3c(F)c(C4CCC(c5ccc(C#N)c(F)c5F)CC4)c(F)c(F)c3C2)cc1. The lowest BCUT2D eigenvalue weighted by atomic mass is 9.73. The van der Waals surface area contributed by atoms with Crippen molar-refractivity contribution in [1.82, 2.24) is 0 Å². The fraction of sp³-hybridized carbons (Fsp3) is 0.441. The zero-order valence-electron chi connectivity index (χ0n) is 22.8. The van der Waals surface area contributed by atoms with Gasteiger partial charge in [-0.05, 0) is 116 Å². The number of benzene rings is 3. The summed E-state index contributed by atoms with van der Waals surface area (Å²) < 4.78 is 75.2. The molecule has 2 aliphatic carbocycles. The van der Waals surface area contributed by atoms with Crippen molar-refractivity contribution in [2.75, 3.05) is 0 Å². The number of fused-ring (bicyclic) bond motifs is 1. The van der Waals surface area contributed by atoms with Gasteiger partial charge in [-0.2, -0.15) is 5.26 Å². The molecule has 0 aliphatic heterocycles. The van der Waals surface area contributed by atoms with E-state index in [1.165, 1.54) is 23.3 Å². The quantitative estimate of drug-likeness (QED) is 0.212. The zero-order valence-corrected chi connectivity index (χ0v) is 22.8. The van der Waals surface area contributed by atoms with Crippen LogP contribution in [0, 0.1) is 46.3 Å². The fourth-order valence-corrected chi connectivity index (χ4v) is 6.78. The van der Waals surface area contributed by atoms with Crippen LogP contribution in [-0.4, -0.2) is 0 Å². The van der Waals surface area contributed by atoms with Crippen LogP contribution >= 0.6 is 0 Å². The molecule has 0 radical (unpaired) electrons. The third-order valence-corrected chi connectivity index (χ3v) is 9.07. The first-order valence-corrected chi connectivity index (χ1v) is 14.5. The standard InChI is InChI=1S/C34H34F5N/c1-2-3-20-4-6-21(7-5-20)8-9-22-10-16-27-28(18-22)33(38)34(39)29(31(27)36)24-13-11-23(12-14-24)26-17-15-25(19-40)30(35)32(26)37/h4-7,15,17,22-24H,2-3,8-14,16,18H2,1H3. The van der Waals surface area contributed by atoms with Crippen LogP contribution in [0.15, 0.2) is 36.4 Å². The molecular formula is C34H34F5N. The summed E-state index contributed by atoms with van der Waals surface area (Å²) in [4.78, 5) is 0. The minimum Gasteiger partial charge on any atom is -0.206 e. The van der Waals surface area contributed by atoms with E-state index in [0.717, 1.165) is 32.1 Å². The first kappa shape index (κ1) is 28.3. The number of hydrogen-bond donors (Lipinski definition) is 0.